The number of aryl methyl sites for hydroxylation is 1. The zero-order chi connectivity index (χ0) is 22.2. The Hall–Kier alpha value is -2.57. The summed E-state index contributed by atoms with van der Waals surface area (Å²) in [5.74, 6) is 2.15. The van der Waals surface area contributed by atoms with E-state index >= 15 is 0 Å². The monoisotopic (exact) mass is 449 g/mol. The predicted octanol–water partition coefficient (Wildman–Crippen LogP) is 5.59. The summed E-state index contributed by atoms with van der Waals surface area (Å²) in [4.78, 5) is 18.4. The van der Waals surface area contributed by atoms with Crippen molar-refractivity contribution >= 4 is 17.7 Å². The van der Waals surface area contributed by atoms with Gasteiger partial charge in [0.05, 0.1) is 5.69 Å². The number of hydrogen-bond acceptors (Lipinski definition) is 5. The van der Waals surface area contributed by atoms with Crippen LogP contribution in [0.4, 0.5) is 0 Å². The number of oxazole rings is 1. The number of hydrogen-bond donors (Lipinski definition) is 2. The number of aromatic nitrogens is 1. The van der Waals surface area contributed by atoms with Gasteiger partial charge in [-0.15, -0.1) is 11.8 Å². The normalized spacial score (nSPS) is 16.5. The predicted molar refractivity (Wildman–Crippen MR) is 130 cm³/mol. The molecule has 2 N–H and O–H groups in total. The lowest BCUT2D eigenvalue weighted by molar-refractivity contribution is 0.0952. The first-order valence-electron chi connectivity index (χ1n) is 11.5. The minimum Gasteiger partial charge on any atom is -0.441 e. The van der Waals surface area contributed by atoms with Gasteiger partial charge in [0.2, 0.25) is 5.89 Å². The third-order valence-electron chi connectivity index (χ3n) is 5.85. The van der Waals surface area contributed by atoms with Gasteiger partial charge < -0.3 is 15.1 Å². The second kappa shape index (κ2) is 11.3. The van der Waals surface area contributed by atoms with Crippen molar-refractivity contribution in [2.75, 3.05) is 13.1 Å². The quantitative estimate of drug-likeness (QED) is 0.439. The van der Waals surface area contributed by atoms with E-state index in [1.54, 1.807) is 11.8 Å². The Morgan fingerprint density at radius 3 is 2.75 bits per heavy atom. The van der Waals surface area contributed by atoms with E-state index in [0.29, 0.717) is 24.0 Å². The lowest BCUT2D eigenvalue weighted by Gasteiger charge is -2.15. The highest BCUT2D eigenvalue weighted by Gasteiger charge is 2.14. The van der Waals surface area contributed by atoms with Crippen LogP contribution in [0.15, 0.2) is 63.9 Å². The molecule has 1 unspecified atom stereocenters. The molecule has 0 radical (unpaired) electrons. The van der Waals surface area contributed by atoms with Crippen molar-refractivity contribution in [3.05, 3.63) is 71.6 Å². The number of benzene rings is 2. The smallest absolute Gasteiger partial charge is 0.251 e. The van der Waals surface area contributed by atoms with E-state index < -0.39 is 0 Å². The zero-order valence-corrected chi connectivity index (χ0v) is 19.4. The first-order valence-corrected chi connectivity index (χ1v) is 12.4. The van der Waals surface area contributed by atoms with Gasteiger partial charge in [0.15, 0.2) is 0 Å². The Bertz CT molecular complexity index is 994. The molecule has 6 heteroatoms. The average Bonchev–Trinajstić information content (AvgIpc) is 3.01. The summed E-state index contributed by atoms with van der Waals surface area (Å²) in [5.41, 5.74) is 2.48. The molecule has 2 aromatic carbocycles. The fourth-order valence-corrected chi connectivity index (χ4v) is 4.85. The zero-order valence-electron chi connectivity index (χ0n) is 18.6. The van der Waals surface area contributed by atoms with Crippen LogP contribution in [0.1, 0.15) is 53.9 Å². The summed E-state index contributed by atoms with van der Waals surface area (Å²) < 4.78 is 5.90. The highest BCUT2D eigenvalue weighted by atomic mass is 32.2. The molecular formula is C26H31N3O2S. The van der Waals surface area contributed by atoms with Gasteiger partial charge in [-0.3, -0.25) is 4.79 Å². The Labute approximate surface area is 194 Å². The van der Waals surface area contributed by atoms with E-state index in [1.807, 2.05) is 49.4 Å². The minimum absolute atomic E-state index is 0.0336. The van der Waals surface area contributed by atoms with E-state index in [1.165, 1.54) is 30.6 Å². The molecule has 1 aliphatic heterocycles. The van der Waals surface area contributed by atoms with Crippen molar-refractivity contribution in [3.63, 3.8) is 0 Å². The fourth-order valence-electron chi connectivity index (χ4n) is 3.93. The second-order valence-electron chi connectivity index (χ2n) is 8.25. The molecular weight excluding hydrogens is 418 g/mol. The summed E-state index contributed by atoms with van der Waals surface area (Å²) in [6.07, 6.45) is 6.02. The van der Waals surface area contributed by atoms with Crippen molar-refractivity contribution < 1.29 is 9.21 Å². The highest BCUT2D eigenvalue weighted by molar-refractivity contribution is 7.98. The maximum absolute atomic E-state index is 12.5. The van der Waals surface area contributed by atoms with Gasteiger partial charge in [0.25, 0.3) is 5.91 Å². The summed E-state index contributed by atoms with van der Waals surface area (Å²) >= 11 is 1.74. The standard InChI is InChI=1S/C26H31N3O2S/c1-19-24(18-32-23-9-5-2-6-10-23)29-26(31-19)21-13-11-20(12-14-21)25(30)28-17-15-22-8-4-3-7-16-27-22/h2,5-6,9-14,22,27H,3-4,7-8,15-18H2,1H3,(H,28,30). The molecule has 32 heavy (non-hydrogen) atoms. The van der Waals surface area contributed by atoms with Crippen LogP contribution in [0.3, 0.4) is 0 Å². The molecule has 168 valence electrons. The van der Waals surface area contributed by atoms with E-state index in [2.05, 4.69) is 27.8 Å². The third kappa shape index (κ3) is 6.24. The fraction of sp³-hybridized carbons (Fsp3) is 0.385. The third-order valence-corrected chi connectivity index (χ3v) is 6.87. The van der Waals surface area contributed by atoms with Crippen LogP contribution < -0.4 is 10.6 Å². The number of nitrogens with one attached hydrogen (secondary N) is 2. The Kier molecular flexibility index (Phi) is 8.02. The largest absolute Gasteiger partial charge is 0.441 e. The van der Waals surface area contributed by atoms with Crippen LogP contribution in [-0.2, 0) is 5.75 Å². The lowest BCUT2D eigenvalue weighted by atomic mass is 10.1. The summed E-state index contributed by atoms with van der Waals surface area (Å²) in [6.45, 7) is 3.73. The maximum Gasteiger partial charge on any atom is 0.251 e. The first-order chi connectivity index (χ1) is 15.7. The van der Waals surface area contributed by atoms with E-state index in [-0.39, 0.29) is 5.91 Å². The molecule has 0 bridgehead atoms. The van der Waals surface area contributed by atoms with E-state index in [4.69, 9.17) is 4.42 Å². The first kappa shape index (κ1) is 22.6. The van der Waals surface area contributed by atoms with Crippen molar-refractivity contribution in [3.8, 4) is 11.5 Å². The Morgan fingerprint density at radius 1 is 1.12 bits per heavy atom. The van der Waals surface area contributed by atoms with Crippen LogP contribution >= 0.6 is 11.8 Å². The molecule has 4 rings (SSSR count). The van der Waals surface area contributed by atoms with Crippen LogP contribution in [0.2, 0.25) is 0 Å². The number of amides is 1. The molecule has 1 atom stereocenters. The van der Waals surface area contributed by atoms with Gasteiger partial charge in [-0.1, -0.05) is 31.0 Å². The number of nitrogens with zero attached hydrogens (tertiary/aromatic N) is 1. The SMILES string of the molecule is Cc1oc(-c2ccc(C(=O)NCCC3CCCCCN3)cc2)nc1CSc1ccccc1. The molecule has 1 saturated heterocycles. The van der Waals surface area contributed by atoms with Crippen LogP contribution in [0, 0.1) is 6.92 Å². The average molecular weight is 450 g/mol. The molecule has 1 aromatic heterocycles. The van der Waals surface area contributed by atoms with Gasteiger partial charge in [0.1, 0.15) is 5.76 Å². The van der Waals surface area contributed by atoms with Crippen molar-refractivity contribution in [2.45, 2.75) is 55.7 Å². The summed E-state index contributed by atoms with van der Waals surface area (Å²) in [5, 5.41) is 6.63. The highest BCUT2D eigenvalue weighted by Crippen LogP contribution is 2.27. The van der Waals surface area contributed by atoms with Crippen LogP contribution in [0.5, 0.6) is 0 Å². The Morgan fingerprint density at radius 2 is 1.94 bits per heavy atom. The van der Waals surface area contributed by atoms with Crippen LogP contribution in [-0.4, -0.2) is 30.0 Å². The Balaban J connectivity index is 1.30. The summed E-state index contributed by atoms with van der Waals surface area (Å²) in [7, 11) is 0. The lowest BCUT2D eigenvalue weighted by Crippen LogP contribution is -2.33. The molecule has 1 fully saturated rings. The van der Waals surface area contributed by atoms with Gasteiger partial charge in [-0.2, -0.15) is 0 Å². The van der Waals surface area contributed by atoms with Gasteiger partial charge in [-0.25, -0.2) is 4.98 Å². The molecule has 5 nitrogen and oxygen atoms in total. The molecule has 1 aliphatic rings. The molecule has 0 saturated carbocycles. The van der Waals surface area contributed by atoms with Crippen molar-refractivity contribution in [1.82, 2.24) is 15.6 Å². The van der Waals surface area contributed by atoms with Gasteiger partial charge in [-0.05, 0) is 69.1 Å². The van der Waals surface area contributed by atoms with Crippen molar-refractivity contribution in [1.29, 1.82) is 0 Å². The summed E-state index contributed by atoms with van der Waals surface area (Å²) in [6, 6.07) is 18.3. The number of carbonyl (C=O) groups is 1. The molecule has 0 spiro atoms. The number of rotatable bonds is 8. The molecule has 1 amide bonds. The van der Waals surface area contributed by atoms with Gasteiger partial charge >= 0.3 is 0 Å². The van der Waals surface area contributed by atoms with E-state index in [0.717, 1.165) is 35.7 Å². The second-order valence-corrected chi connectivity index (χ2v) is 9.29. The minimum atomic E-state index is -0.0336. The molecule has 3 aromatic rings. The number of carbonyl (C=O) groups excluding carboxylic acids is 1. The molecule has 0 aliphatic carbocycles. The van der Waals surface area contributed by atoms with Gasteiger partial charge in [0, 0.05) is 34.4 Å². The number of thioether (sulfide) groups is 1. The molecule has 2 heterocycles. The van der Waals surface area contributed by atoms with E-state index in [9.17, 15) is 4.79 Å². The van der Waals surface area contributed by atoms with Crippen LogP contribution in [0.25, 0.3) is 11.5 Å². The maximum atomic E-state index is 12.5. The van der Waals surface area contributed by atoms with Crippen molar-refractivity contribution in [2.24, 2.45) is 0 Å². The topological polar surface area (TPSA) is 67.2 Å².